The van der Waals surface area contributed by atoms with Crippen molar-refractivity contribution in [2.75, 3.05) is 6.54 Å². The summed E-state index contributed by atoms with van der Waals surface area (Å²) in [6.45, 7) is 7.54. The smallest absolute Gasteiger partial charge is 0.0177 e. The number of benzene rings is 2. The van der Waals surface area contributed by atoms with Crippen molar-refractivity contribution in [3.05, 3.63) is 69.7 Å². The molecule has 0 saturated carbocycles. The van der Waals surface area contributed by atoms with Crippen LogP contribution in [0.5, 0.6) is 0 Å². The predicted molar refractivity (Wildman–Crippen MR) is 94.9 cm³/mol. The molecule has 21 heavy (non-hydrogen) atoms. The zero-order valence-electron chi connectivity index (χ0n) is 13.1. The molecular formula is C19H24BrN. The fraction of sp³-hybridized carbons (Fsp3) is 0.368. The Hall–Kier alpha value is -1.12. The molecule has 0 aliphatic carbocycles. The number of rotatable bonds is 6. The van der Waals surface area contributed by atoms with E-state index in [1.807, 2.05) is 0 Å². The molecule has 0 amide bonds. The van der Waals surface area contributed by atoms with Crippen molar-refractivity contribution in [2.24, 2.45) is 0 Å². The third-order valence-corrected chi connectivity index (χ3v) is 4.19. The van der Waals surface area contributed by atoms with E-state index >= 15 is 0 Å². The molecule has 2 heteroatoms. The van der Waals surface area contributed by atoms with Crippen molar-refractivity contribution >= 4 is 15.9 Å². The van der Waals surface area contributed by atoms with Gasteiger partial charge in [-0.15, -0.1) is 0 Å². The van der Waals surface area contributed by atoms with E-state index in [0.717, 1.165) is 17.4 Å². The van der Waals surface area contributed by atoms with E-state index in [-0.39, 0.29) is 0 Å². The highest BCUT2D eigenvalue weighted by molar-refractivity contribution is 9.10. The largest absolute Gasteiger partial charge is 0.314 e. The number of nitrogens with one attached hydrogen (secondary N) is 1. The van der Waals surface area contributed by atoms with Gasteiger partial charge in [-0.2, -0.15) is 0 Å². The first-order valence-electron chi connectivity index (χ1n) is 7.59. The Morgan fingerprint density at radius 3 is 2.38 bits per heavy atom. The molecule has 2 aromatic rings. The van der Waals surface area contributed by atoms with Crippen LogP contribution in [-0.4, -0.2) is 12.6 Å². The van der Waals surface area contributed by atoms with Gasteiger partial charge in [-0.3, -0.25) is 0 Å². The zero-order chi connectivity index (χ0) is 15.2. The lowest BCUT2D eigenvalue weighted by Crippen LogP contribution is -2.29. The van der Waals surface area contributed by atoms with Crippen LogP contribution in [0.2, 0.25) is 0 Å². The summed E-state index contributed by atoms with van der Waals surface area (Å²) in [7, 11) is 0. The van der Waals surface area contributed by atoms with Crippen LogP contribution in [0.3, 0.4) is 0 Å². The first-order chi connectivity index (χ1) is 10.0. The Morgan fingerprint density at radius 1 is 1.05 bits per heavy atom. The molecule has 1 atom stereocenters. The van der Waals surface area contributed by atoms with Gasteiger partial charge in [-0.05, 0) is 36.6 Å². The van der Waals surface area contributed by atoms with Crippen molar-refractivity contribution < 1.29 is 0 Å². The standard InChI is InChI=1S/C19H24BrN/c1-14(2)21-13-18(17-9-7-15(3)8-10-17)11-16-5-4-6-19(20)12-16/h4-10,12,14,18,21H,11,13H2,1-3H3. The van der Waals surface area contributed by atoms with Gasteiger partial charge in [0.2, 0.25) is 0 Å². The summed E-state index contributed by atoms with van der Waals surface area (Å²) >= 11 is 3.56. The Labute approximate surface area is 136 Å². The first kappa shape index (κ1) is 16.3. The quantitative estimate of drug-likeness (QED) is 0.769. The SMILES string of the molecule is Cc1ccc(C(CNC(C)C)Cc2cccc(Br)c2)cc1. The van der Waals surface area contributed by atoms with E-state index in [9.17, 15) is 0 Å². The second kappa shape index (κ2) is 7.77. The molecule has 2 aromatic carbocycles. The van der Waals surface area contributed by atoms with E-state index < -0.39 is 0 Å². The Morgan fingerprint density at radius 2 is 1.76 bits per heavy atom. The molecule has 112 valence electrons. The summed E-state index contributed by atoms with van der Waals surface area (Å²) in [6.07, 6.45) is 1.06. The summed E-state index contributed by atoms with van der Waals surface area (Å²) in [5.41, 5.74) is 4.10. The fourth-order valence-electron chi connectivity index (χ4n) is 2.47. The molecule has 0 aromatic heterocycles. The number of hydrogen-bond acceptors (Lipinski definition) is 1. The number of aryl methyl sites for hydroxylation is 1. The molecule has 0 aliphatic rings. The Balaban J connectivity index is 2.17. The molecule has 1 N–H and O–H groups in total. The van der Waals surface area contributed by atoms with Crippen LogP contribution >= 0.6 is 15.9 Å². The molecule has 0 radical (unpaired) electrons. The maximum atomic E-state index is 3.58. The molecule has 0 aliphatic heterocycles. The summed E-state index contributed by atoms with van der Waals surface area (Å²) in [5, 5.41) is 3.58. The maximum absolute atomic E-state index is 3.58. The van der Waals surface area contributed by atoms with Crippen molar-refractivity contribution in [1.29, 1.82) is 0 Å². The summed E-state index contributed by atoms with van der Waals surface area (Å²) in [5.74, 6) is 0.502. The van der Waals surface area contributed by atoms with Gasteiger partial charge in [-0.25, -0.2) is 0 Å². The lowest BCUT2D eigenvalue weighted by molar-refractivity contribution is 0.526. The molecule has 0 spiro atoms. The normalized spacial score (nSPS) is 12.6. The second-order valence-corrected chi connectivity index (χ2v) is 6.92. The van der Waals surface area contributed by atoms with Crippen LogP contribution in [0.25, 0.3) is 0 Å². The Bertz CT molecular complexity index is 560. The minimum atomic E-state index is 0.502. The molecule has 0 saturated heterocycles. The van der Waals surface area contributed by atoms with Gasteiger partial charge < -0.3 is 5.32 Å². The van der Waals surface area contributed by atoms with E-state index in [4.69, 9.17) is 0 Å². The fourth-order valence-corrected chi connectivity index (χ4v) is 2.92. The summed E-state index contributed by atoms with van der Waals surface area (Å²) in [4.78, 5) is 0. The molecule has 1 unspecified atom stereocenters. The van der Waals surface area contributed by atoms with E-state index in [1.54, 1.807) is 0 Å². The van der Waals surface area contributed by atoms with Gasteiger partial charge in [0.25, 0.3) is 0 Å². The third-order valence-electron chi connectivity index (χ3n) is 3.69. The first-order valence-corrected chi connectivity index (χ1v) is 8.38. The molecular weight excluding hydrogens is 322 g/mol. The van der Waals surface area contributed by atoms with Gasteiger partial charge >= 0.3 is 0 Å². The average Bonchev–Trinajstić information content (AvgIpc) is 2.44. The van der Waals surface area contributed by atoms with Crippen molar-refractivity contribution in [3.63, 3.8) is 0 Å². The highest BCUT2D eigenvalue weighted by atomic mass is 79.9. The predicted octanol–water partition coefficient (Wildman–Crippen LogP) is 5.08. The highest BCUT2D eigenvalue weighted by Gasteiger charge is 2.13. The van der Waals surface area contributed by atoms with Crippen LogP contribution in [0.1, 0.15) is 36.5 Å². The monoisotopic (exact) mass is 345 g/mol. The van der Waals surface area contributed by atoms with Gasteiger partial charge in [0.05, 0.1) is 0 Å². The minimum absolute atomic E-state index is 0.502. The number of halogens is 1. The average molecular weight is 346 g/mol. The number of hydrogen-bond donors (Lipinski definition) is 1. The minimum Gasteiger partial charge on any atom is -0.314 e. The maximum Gasteiger partial charge on any atom is 0.0177 e. The zero-order valence-corrected chi connectivity index (χ0v) is 14.7. The Kier molecular flexibility index (Phi) is 6.01. The van der Waals surface area contributed by atoms with Crippen LogP contribution in [0.15, 0.2) is 53.0 Å². The van der Waals surface area contributed by atoms with Crippen molar-refractivity contribution in [3.8, 4) is 0 Å². The van der Waals surface area contributed by atoms with Crippen molar-refractivity contribution in [1.82, 2.24) is 5.32 Å². The van der Waals surface area contributed by atoms with Crippen LogP contribution in [0.4, 0.5) is 0 Å². The van der Waals surface area contributed by atoms with E-state index in [0.29, 0.717) is 12.0 Å². The van der Waals surface area contributed by atoms with Crippen LogP contribution in [-0.2, 0) is 6.42 Å². The third kappa shape index (κ3) is 5.29. The topological polar surface area (TPSA) is 12.0 Å². The lowest BCUT2D eigenvalue weighted by Gasteiger charge is -2.20. The second-order valence-electron chi connectivity index (χ2n) is 6.00. The van der Waals surface area contributed by atoms with Gasteiger partial charge in [-0.1, -0.05) is 71.7 Å². The van der Waals surface area contributed by atoms with Gasteiger partial charge in [0.1, 0.15) is 0 Å². The molecule has 1 nitrogen and oxygen atoms in total. The molecule has 2 rings (SSSR count). The van der Waals surface area contributed by atoms with Gasteiger partial charge in [0, 0.05) is 23.0 Å². The molecule has 0 fully saturated rings. The van der Waals surface area contributed by atoms with Gasteiger partial charge in [0.15, 0.2) is 0 Å². The van der Waals surface area contributed by atoms with Crippen LogP contribution in [0, 0.1) is 6.92 Å². The lowest BCUT2D eigenvalue weighted by atomic mass is 9.91. The van der Waals surface area contributed by atoms with E-state index in [2.05, 4.69) is 90.5 Å². The summed E-state index contributed by atoms with van der Waals surface area (Å²) < 4.78 is 1.15. The van der Waals surface area contributed by atoms with Crippen LogP contribution < -0.4 is 5.32 Å². The molecule has 0 bridgehead atoms. The van der Waals surface area contributed by atoms with Crippen molar-refractivity contribution in [2.45, 2.75) is 39.2 Å². The molecule has 0 heterocycles. The summed E-state index contributed by atoms with van der Waals surface area (Å²) in [6, 6.07) is 18.1. The highest BCUT2D eigenvalue weighted by Crippen LogP contribution is 2.23. The van der Waals surface area contributed by atoms with E-state index in [1.165, 1.54) is 16.7 Å².